The molecule has 0 spiro atoms. The zero-order valence-electron chi connectivity index (χ0n) is 15.4. The van der Waals surface area contributed by atoms with Crippen LogP contribution >= 0.6 is 11.6 Å². The molecule has 1 aromatic carbocycles. The van der Waals surface area contributed by atoms with E-state index in [1.165, 1.54) is 11.1 Å². The van der Waals surface area contributed by atoms with Crippen molar-refractivity contribution in [2.45, 2.75) is 25.7 Å². The maximum absolute atomic E-state index is 9.64. The second-order valence-electron chi connectivity index (χ2n) is 6.22. The number of hydrogen-bond acceptors (Lipinski definition) is 4. The van der Waals surface area contributed by atoms with Gasteiger partial charge < -0.3 is 15.5 Å². The Balaban J connectivity index is 0.000000300. The Kier molecular flexibility index (Phi) is 8.65. The van der Waals surface area contributed by atoms with E-state index in [-0.39, 0.29) is 12.8 Å². The number of aromatic nitrogens is 1. The van der Waals surface area contributed by atoms with Gasteiger partial charge >= 0.3 is 11.9 Å². The summed E-state index contributed by atoms with van der Waals surface area (Å²) in [5, 5.41) is 20.1. The van der Waals surface area contributed by atoms with Crippen molar-refractivity contribution in [1.82, 2.24) is 10.3 Å². The van der Waals surface area contributed by atoms with Crippen LogP contribution in [0.15, 0.2) is 36.5 Å². The van der Waals surface area contributed by atoms with Crippen molar-refractivity contribution in [3.63, 3.8) is 0 Å². The fraction of sp³-hybridized carbons (Fsp3) is 0.286. The molecule has 1 aliphatic rings. The van der Waals surface area contributed by atoms with E-state index in [1.807, 2.05) is 30.3 Å². The molecule has 0 saturated heterocycles. The third kappa shape index (κ3) is 7.13. The van der Waals surface area contributed by atoms with Gasteiger partial charge in [0, 0.05) is 11.2 Å². The molecule has 2 heterocycles. The highest BCUT2D eigenvalue weighted by Crippen LogP contribution is 2.27. The fourth-order valence-electron chi connectivity index (χ4n) is 2.81. The lowest BCUT2D eigenvalue weighted by molar-refractivity contribution is -0.143. The Hall–Kier alpha value is -2.70. The normalized spacial score (nSPS) is 13.2. The Morgan fingerprint density at radius 2 is 1.75 bits per heavy atom. The number of carboxylic acids is 2. The van der Waals surface area contributed by atoms with E-state index in [1.54, 1.807) is 6.20 Å². The molecule has 28 heavy (non-hydrogen) atoms. The standard InChI is InChI=1S/C17H17ClN2.C4H6O4/c18-17-7-4-13-8-11-19-12-9-15(13)16(17)6-5-14-3-1-2-10-20-14;5-3(6)1-2-4(7)8/h1-7,10,19H,8-9,11-12H2;1-2H2,(H,5,6)(H,7,8)/b6-5+;. The second-order valence-corrected chi connectivity index (χ2v) is 6.63. The second kappa shape index (κ2) is 11.2. The van der Waals surface area contributed by atoms with Crippen molar-refractivity contribution in [1.29, 1.82) is 0 Å². The van der Waals surface area contributed by atoms with Crippen LogP contribution in [0.4, 0.5) is 0 Å². The number of nitrogens with one attached hydrogen (secondary N) is 1. The first-order chi connectivity index (χ1) is 13.5. The minimum atomic E-state index is -1.08. The molecule has 2 aromatic rings. The van der Waals surface area contributed by atoms with Gasteiger partial charge in [-0.05, 0) is 66.9 Å². The monoisotopic (exact) mass is 402 g/mol. The van der Waals surface area contributed by atoms with Gasteiger partial charge in [0.1, 0.15) is 0 Å². The molecule has 0 fully saturated rings. The summed E-state index contributed by atoms with van der Waals surface area (Å²) in [4.78, 5) is 23.6. The highest BCUT2D eigenvalue weighted by atomic mass is 35.5. The van der Waals surface area contributed by atoms with Crippen molar-refractivity contribution in [3.05, 3.63) is 63.9 Å². The molecular weight excluding hydrogens is 380 g/mol. The van der Waals surface area contributed by atoms with Crippen LogP contribution in [0.25, 0.3) is 12.2 Å². The topological polar surface area (TPSA) is 99.5 Å². The van der Waals surface area contributed by atoms with E-state index < -0.39 is 11.9 Å². The van der Waals surface area contributed by atoms with Crippen molar-refractivity contribution >= 4 is 35.7 Å². The Morgan fingerprint density at radius 1 is 1.04 bits per heavy atom. The Morgan fingerprint density at radius 3 is 2.39 bits per heavy atom. The van der Waals surface area contributed by atoms with Crippen LogP contribution in [0.2, 0.25) is 5.02 Å². The molecule has 0 radical (unpaired) electrons. The molecular formula is C21H23ClN2O4. The summed E-state index contributed by atoms with van der Waals surface area (Å²) < 4.78 is 0. The zero-order chi connectivity index (χ0) is 20.4. The Bertz CT molecular complexity index is 824. The van der Waals surface area contributed by atoms with Crippen LogP contribution in [-0.4, -0.2) is 40.2 Å². The largest absolute Gasteiger partial charge is 0.481 e. The minimum Gasteiger partial charge on any atom is -0.481 e. The molecule has 0 bridgehead atoms. The number of pyridine rings is 1. The molecule has 3 rings (SSSR count). The first-order valence-corrected chi connectivity index (χ1v) is 9.39. The number of fused-ring (bicyclic) bond motifs is 1. The smallest absolute Gasteiger partial charge is 0.303 e. The summed E-state index contributed by atoms with van der Waals surface area (Å²) in [6.07, 6.45) is 7.42. The summed E-state index contributed by atoms with van der Waals surface area (Å²) in [5.74, 6) is -2.15. The Labute approximate surface area is 168 Å². The van der Waals surface area contributed by atoms with Gasteiger partial charge in [0.25, 0.3) is 0 Å². The van der Waals surface area contributed by atoms with Crippen LogP contribution in [0.3, 0.4) is 0 Å². The van der Waals surface area contributed by atoms with Crippen LogP contribution < -0.4 is 5.32 Å². The van der Waals surface area contributed by atoms with Crippen molar-refractivity contribution in [2.75, 3.05) is 13.1 Å². The molecule has 0 atom stereocenters. The molecule has 7 heteroatoms. The number of halogens is 1. The molecule has 0 saturated carbocycles. The quantitative estimate of drug-likeness (QED) is 0.707. The van der Waals surface area contributed by atoms with E-state index in [2.05, 4.69) is 22.4 Å². The van der Waals surface area contributed by atoms with Gasteiger partial charge in [0.15, 0.2) is 0 Å². The van der Waals surface area contributed by atoms with E-state index in [0.29, 0.717) is 0 Å². The predicted molar refractivity (Wildman–Crippen MR) is 109 cm³/mol. The first kappa shape index (κ1) is 21.6. The lowest BCUT2D eigenvalue weighted by Gasteiger charge is -2.11. The predicted octanol–water partition coefficient (Wildman–Crippen LogP) is 3.53. The average molecular weight is 403 g/mol. The number of hydrogen-bond donors (Lipinski definition) is 3. The molecule has 3 N–H and O–H groups in total. The molecule has 6 nitrogen and oxygen atoms in total. The van der Waals surface area contributed by atoms with E-state index >= 15 is 0 Å². The number of carboxylic acid groups (broad SMARTS) is 2. The van der Waals surface area contributed by atoms with Gasteiger partial charge in [0.2, 0.25) is 0 Å². The summed E-state index contributed by atoms with van der Waals surface area (Å²) in [6, 6.07) is 10.1. The van der Waals surface area contributed by atoms with Crippen LogP contribution in [0.5, 0.6) is 0 Å². The number of rotatable bonds is 5. The summed E-state index contributed by atoms with van der Waals surface area (Å²) in [5.41, 5.74) is 4.86. The van der Waals surface area contributed by atoms with Gasteiger partial charge in [-0.25, -0.2) is 0 Å². The third-order valence-electron chi connectivity index (χ3n) is 4.19. The van der Waals surface area contributed by atoms with Crippen molar-refractivity contribution in [2.24, 2.45) is 0 Å². The van der Waals surface area contributed by atoms with Crippen LogP contribution in [-0.2, 0) is 22.4 Å². The van der Waals surface area contributed by atoms with Gasteiger partial charge in [-0.3, -0.25) is 14.6 Å². The number of carbonyl (C=O) groups is 2. The van der Waals surface area contributed by atoms with Gasteiger partial charge in [0.05, 0.1) is 18.5 Å². The summed E-state index contributed by atoms with van der Waals surface area (Å²) in [6.45, 7) is 2.05. The maximum Gasteiger partial charge on any atom is 0.303 e. The van der Waals surface area contributed by atoms with Gasteiger partial charge in [-0.2, -0.15) is 0 Å². The van der Waals surface area contributed by atoms with Gasteiger partial charge in [-0.1, -0.05) is 29.8 Å². The number of nitrogens with zero attached hydrogens (tertiary/aromatic N) is 1. The molecule has 148 valence electrons. The zero-order valence-corrected chi connectivity index (χ0v) is 16.2. The first-order valence-electron chi connectivity index (χ1n) is 9.01. The highest BCUT2D eigenvalue weighted by Gasteiger charge is 2.12. The van der Waals surface area contributed by atoms with Crippen molar-refractivity contribution in [3.8, 4) is 0 Å². The summed E-state index contributed by atoms with van der Waals surface area (Å²) >= 11 is 6.39. The van der Waals surface area contributed by atoms with E-state index in [0.717, 1.165) is 42.2 Å². The van der Waals surface area contributed by atoms with Crippen LogP contribution in [0.1, 0.15) is 35.2 Å². The van der Waals surface area contributed by atoms with Crippen molar-refractivity contribution < 1.29 is 19.8 Å². The lowest BCUT2D eigenvalue weighted by Crippen LogP contribution is -2.16. The molecule has 0 unspecified atom stereocenters. The molecule has 1 aliphatic heterocycles. The fourth-order valence-corrected chi connectivity index (χ4v) is 3.05. The molecule has 0 aliphatic carbocycles. The average Bonchev–Trinajstić information content (AvgIpc) is 2.92. The SMILES string of the molecule is Clc1ccc2c(c1/C=C/c1ccccn1)CCNCC2.O=C(O)CCC(=O)O. The third-order valence-corrected chi connectivity index (χ3v) is 4.51. The summed E-state index contributed by atoms with van der Waals surface area (Å²) in [7, 11) is 0. The maximum atomic E-state index is 9.64. The lowest BCUT2D eigenvalue weighted by atomic mass is 9.96. The number of benzene rings is 1. The van der Waals surface area contributed by atoms with E-state index in [9.17, 15) is 9.59 Å². The highest BCUT2D eigenvalue weighted by molar-refractivity contribution is 6.32. The van der Waals surface area contributed by atoms with E-state index in [4.69, 9.17) is 21.8 Å². The van der Waals surface area contributed by atoms with Crippen LogP contribution in [0, 0.1) is 0 Å². The number of aliphatic carboxylic acids is 2. The molecule has 1 aromatic heterocycles. The minimum absolute atomic E-state index is 0.296. The van der Waals surface area contributed by atoms with Gasteiger partial charge in [-0.15, -0.1) is 0 Å². The molecule has 0 amide bonds.